The molecule has 0 saturated heterocycles. The number of para-hydroxylation sites is 1. The van der Waals surface area contributed by atoms with Gasteiger partial charge in [-0.15, -0.1) is 0 Å². The monoisotopic (exact) mass is 728 g/mol. The van der Waals surface area contributed by atoms with E-state index >= 15 is 0 Å². The highest BCUT2D eigenvalue weighted by Gasteiger charge is 2.64. The summed E-state index contributed by atoms with van der Waals surface area (Å²) in [6.07, 6.45) is 11.1. The Balaban J connectivity index is 0.000000182. The number of hydrogen-bond donors (Lipinski definition) is 3. The number of carbonyl (C=O) groups excluding carboxylic acids is 2. The summed E-state index contributed by atoms with van der Waals surface area (Å²) >= 11 is 0. The lowest BCUT2D eigenvalue weighted by atomic mass is 9.70. The molecule has 6 saturated carbocycles. The predicted molar refractivity (Wildman–Crippen MR) is 205 cm³/mol. The summed E-state index contributed by atoms with van der Waals surface area (Å²) < 4.78 is 10.6. The molecule has 52 heavy (non-hydrogen) atoms. The number of hydrogen-bond acceptors (Lipinski definition) is 7. The van der Waals surface area contributed by atoms with Crippen molar-refractivity contribution in [3.05, 3.63) is 36.8 Å². The maximum Gasteiger partial charge on any atom is 0.339 e. The quantitative estimate of drug-likeness (QED) is 0.206. The van der Waals surface area contributed by atoms with Crippen LogP contribution in [0.5, 0.6) is 5.75 Å². The summed E-state index contributed by atoms with van der Waals surface area (Å²) in [7, 11) is 0. The normalized spacial score (nSPS) is 37.2. The molecule has 2 unspecified atom stereocenters. The van der Waals surface area contributed by atoms with Crippen molar-refractivity contribution in [1.82, 2.24) is 0 Å². The van der Waals surface area contributed by atoms with Gasteiger partial charge < -0.3 is 24.8 Å². The Morgan fingerprint density at radius 2 is 1.17 bits per heavy atom. The summed E-state index contributed by atoms with van der Waals surface area (Å²) in [5.74, 6) is 1.43. The van der Waals surface area contributed by atoms with Gasteiger partial charge in [-0.2, -0.15) is 0 Å². The highest BCUT2D eigenvalue weighted by molar-refractivity contribution is 5.90. The van der Waals surface area contributed by atoms with Gasteiger partial charge in [0.1, 0.15) is 23.5 Å². The summed E-state index contributed by atoms with van der Waals surface area (Å²) in [4.78, 5) is 31.6. The second-order valence-corrected chi connectivity index (χ2v) is 19.4. The van der Waals surface area contributed by atoms with Gasteiger partial charge in [0.05, 0.1) is 6.10 Å². The minimum absolute atomic E-state index is 0.0313. The summed E-state index contributed by atoms with van der Waals surface area (Å²) in [5, 5.41) is 27.1. The van der Waals surface area contributed by atoms with Crippen LogP contribution in [0.3, 0.4) is 0 Å². The van der Waals surface area contributed by atoms with Crippen LogP contribution in [0.15, 0.2) is 24.3 Å². The molecule has 0 amide bonds. The van der Waals surface area contributed by atoms with E-state index in [1.807, 2.05) is 0 Å². The number of aromatic carboxylic acids is 1. The second kappa shape index (κ2) is 16.0. The van der Waals surface area contributed by atoms with Gasteiger partial charge in [-0.05, 0) is 115 Å². The zero-order valence-electron chi connectivity index (χ0n) is 34.4. The molecule has 1 aromatic carbocycles. The first kappa shape index (κ1) is 43.8. The molecule has 8 nitrogen and oxygen atoms in total. The fourth-order valence-corrected chi connectivity index (χ4v) is 10.7. The number of esters is 1. The largest absolute Gasteiger partial charge is 0.507 e. The van der Waals surface area contributed by atoms with Gasteiger partial charge in [-0.3, -0.25) is 9.59 Å². The molecule has 1 radical (unpaired) electrons. The predicted octanol–water partition coefficient (Wildman–Crippen LogP) is 9.90. The van der Waals surface area contributed by atoms with Crippen molar-refractivity contribution >= 4 is 18.4 Å². The van der Waals surface area contributed by atoms with Gasteiger partial charge in [-0.1, -0.05) is 95.2 Å². The van der Waals surface area contributed by atoms with E-state index in [9.17, 15) is 19.5 Å². The van der Waals surface area contributed by atoms with Crippen molar-refractivity contribution in [3.8, 4) is 5.75 Å². The van der Waals surface area contributed by atoms with E-state index < -0.39 is 5.97 Å². The lowest BCUT2D eigenvalue weighted by molar-refractivity contribution is -0.154. The molecule has 6 aliphatic rings. The van der Waals surface area contributed by atoms with E-state index in [1.165, 1.54) is 57.6 Å². The SMILES string of the molecule is CC(=O)OC1C[C@H]2CC[C@@]1(C)C2(C)C.CC1(C)[C@@H]2CC[C@]1(C)C(OC=O)C2.CC1(C)[C@@H]2CC[C@]1(C)[C@@H](O)C2.O=C(O)c1ccccc1O.[CH2]C(C)C. The lowest BCUT2D eigenvalue weighted by Crippen LogP contribution is -2.37. The summed E-state index contributed by atoms with van der Waals surface area (Å²) in [5.41, 5.74) is 1.65. The van der Waals surface area contributed by atoms with Crippen molar-refractivity contribution in [2.45, 2.75) is 159 Å². The Labute approximate surface area is 314 Å². The van der Waals surface area contributed by atoms with Gasteiger partial charge in [0.2, 0.25) is 0 Å². The fourth-order valence-electron chi connectivity index (χ4n) is 10.7. The number of carboxylic acids is 1. The van der Waals surface area contributed by atoms with Crippen LogP contribution in [0.2, 0.25) is 0 Å². The maximum atomic E-state index is 11.0. The lowest BCUT2D eigenvalue weighted by Gasteiger charge is -2.38. The number of phenols is 1. The highest BCUT2D eigenvalue weighted by Crippen LogP contribution is 2.67. The molecule has 8 heteroatoms. The third-order valence-corrected chi connectivity index (χ3v) is 15.8. The fraction of sp³-hybridized carbons (Fsp3) is 0.773. The number of aliphatic hydroxyl groups is 1. The van der Waals surface area contributed by atoms with Gasteiger partial charge in [0.15, 0.2) is 0 Å². The zero-order valence-corrected chi connectivity index (χ0v) is 34.4. The molecule has 295 valence electrons. The van der Waals surface area contributed by atoms with Crippen molar-refractivity contribution in [3.63, 3.8) is 0 Å². The van der Waals surface area contributed by atoms with Crippen molar-refractivity contribution < 1.29 is 39.2 Å². The Kier molecular flexibility index (Phi) is 13.5. The van der Waals surface area contributed by atoms with Crippen LogP contribution in [0.4, 0.5) is 0 Å². The number of aromatic hydroxyl groups is 1. The average Bonchev–Trinajstić information content (AvgIpc) is 3.67. The molecular formula is C44H71O8. The number of carboxylic acid groups (broad SMARTS) is 1. The van der Waals surface area contributed by atoms with Gasteiger partial charge in [-0.25, -0.2) is 4.79 Å². The maximum absolute atomic E-state index is 11.0. The minimum Gasteiger partial charge on any atom is -0.507 e. The Morgan fingerprint density at radius 3 is 1.42 bits per heavy atom. The Bertz CT molecular complexity index is 1400. The van der Waals surface area contributed by atoms with Crippen LogP contribution in [-0.4, -0.2) is 52.0 Å². The summed E-state index contributed by atoms with van der Waals surface area (Å²) in [6.45, 7) is 30.6. The van der Waals surface area contributed by atoms with E-state index in [0.717, 1.165) is 37.0 Å². The van der Waals surface area contributed by atoms with Crippen LogP contribution in [0.1, 0.15) is 151 Å². The third kappa shape index (κ3) is 8.07. The first-order valence-electron chi connectivity index (χ1n) is 19.6. The Morgan fingerprint density at radius 1 is 0.769 bits per heavy atom. The van der Waals surface area contributed by atoms with Crippen molar-refractivity contribution in [2.75, 3.05) is 0 Å². The van der Waals surface area contributed by atoms with Gasteiger partial charge in [0, 0.05) is 17.8 Å². The molecule has 0 aliphatic heterocycles. The molecule has 6 bridgehead atoms. The number of carbonyl (C=O) groups is 3. The third-order valence-electron chi connectivity index (χ3n) is 15.8. The molecule has 3 N–H and O–H groups in total. The molecule has 6 fully saturated rings. The molecular weight excluding hydrogens is 656 g/mol. The zero-order chi connectivity index (χ0) is 39.7. The van der Waals surface area contributed by atoms with Crippen LogP contribution in [0, 0.1) is 63.1 Å². The Hall–Kier alpha value is -2.61. The van der Waals surface area contributed by atoms with Crippen LogP contribution >= 0.6 is 0 Å². The second-order valence-electron chi connectivity index (χ2n) is 19.4. The number of fused-ring (bicyclic) bond motifs is 6. The molecule has 7 rings (SSSR count). The van der Waals surface area contributed by atoms with E-state index in [1.54, 1.807) is 12.1 Å². The first-order valence-corrected chi connectivity index (χ1v) is 19.6. The number of ether oxygens (including phenoxy) is 2. The molecule has 9 atom stereocenters. The van der Waals surface area contributed by atoms with E-state index in [2.05, 4.69) is 83.1 Å². The minimum atomic E-state index is -1.11. The van der Waals surface area contributed by atoms with Crippen LogP contribution < -0.4 is 0 Å². The van der Waals surface area contributed by atoms with Crippen molar-refractivity contribution in [2.24, 2.45) is 56.2 Å². The van der Waals surface area contributed by atoms with Crippen LogP contribution in [-0.2, 0) is 19.1 Å². The number of aliphatic hydroxyl groups excluding tert-OH is 1. The first-order chi connectivity index (χ1) is 23.8. The molecule has 6 aliphatic carbocycles. The number of rotatable bonds is 4. The smallest absolute Gasteiger partial charge is 0.339 e. The van der Waals surface area contributed by atoms with E-state index in [-0.39, 0.29) is 51.8 Å². The average molecular weight is 728 g/mol. The molecule has 1 aromatic rings. The standard InChI is InChI=1S/C12H20O2.C11H18O2.C10H18O.C7H6O3.C4H9/c1-8(13)14-10-7-9-5-6-12(10,4)11(9,2)3;1-10(2)8-4-5-11(10,3)9(6-8)13-7-12;1-9(2)7-4-5-10(9,3)8(11)6-7;8-6-4-2-1-3-5(6)7(9)10;1-4(2)3/h9-10H,5-7H2,1-4H3;7-9H,4-6H2,1-3H3;7-8,11H,4-6H2,1-3H3;1-4,8H,(H,9,10);4H,1H2,2-3H3/t9-,10?,12-;8-,9?,11-;7-,8+,10-;;/m111../s1. The molecule has 0 spiro atoms. The van der Waals surface area contributed by atoms with Crippen LogP contribution in [0.25, 0.3) is 0 Å². The van der Waals surface area contributed by atoms with E-state index in [4.69, 9.17) is 19.7 Å². The highest BCUT2D eigenvalue weighted by atomic mass is 16.5. The van der Waals surface area contributed by atoms with Crippen molar-refractivity contribution in [1.29, 1.82) is 0 Å². The summed E-state index contributed by atoms with van der Waals surface area (Å²) in [6, 6.07) is 5.81. The van der Waals surface area contributed by atoms with E-state index in [0.29, 0.717) is 28.6 Å². The molecule has 0 aromatic heterocycles. The number of benzene rings is 1. The van der Waals surface area contributed by atoms with Gasteiger partial charge in [0.25, 0.3) is 6.47 Å². The molecule has 0 heterocycles. The topological polar surface area (TPSA) is 130 Å². The van der Waals surface area contributed by atoms with Gasteiger partial charge >= 0.3 is 11.9 Å².